The van der Waals surface area contributed by atoms with E-state index in [1.54, 1.807) is 25.1 Å². The summed E-state index contributed by atoms with van der Waals surface area (Å²) >= 11 is 0. The van der Waals surface area contributed by atoms with Crippen molar-refractivity contribution in [3.63, 3.8) is 0 Å². The number of ketones is 1. The average Bonchev–Trinajstić information content (AvgIpc) is 2.73. The zero-order valence-electron chi connectivity index (χ0n) is 20.8. The topological polar surface area (TPSA) is 168 Å². The Kier molecular flexibility index (Phi) is 6.19. The molecule has 1 aromatic carbocycles. The number of rotatable bonds is 5. The van der Waals surface area contributed by atoms with Gasteiger partial charge >= 0.3 is 0 Å². The molecule has 3 aliphatic carbocycles. The van der Waals surface area contributed by atoms with Crippen molar-refractivity contribution >= 4 is 23.1 Å². The van der Waals surface area contributed by atoms with Crippen LogP contribution < -0.4 is 10.6 Å². The van der Waals surface area contributed by atoms with E-state index in [0.717, 1.165) is 5.69 Å². The van der Waals surface area contributed by atoms with E-state index in [1.165, 1.54) is 0 Å². The number of nitrogens with zero attached hydrogens (tertiary/aromatic N) is 2. The number of amides is 1. The number of carbonyl (C=O) groups excluding carboxylic acids is 2. The summed E-state index contributed by atoms with van der Waals surface area (Å²) in [7, 11) is 6.97. The summed E-state index contributed by atoms with van der Waals surface area (Å²) in [6, 6.07) is 0.945. The number of Topliss-reactive ketones (excluding diaryl/α,β-unsaturated/α-hetero) is 1. The highest BCUT2D eigenvalue weighted by molar-refractivity contribution is 6.08. The molecule has 0 saturated heterocycles. The lowest BCUT2D eigenvalue weighted by atomic mass is 9.58. The number of hydrogen-bond acceptors (Lipinski definition) is 9. The Morgan fingerprint density at radius 1 is 1.22 bits per heavy atom. The molecule has 194 valence electrons. The fourth-order valence-electron chi connectivity index (χ4n) is 6.37. The van der Waals surface area contributed by atoms with Crippen LogP contribution in [-0.4, -0.2) is 82.1 Å². The summed E-state index contributed by atoms with van der Waals surface area (Å²) in [5.41, 5.74) is 6.60. The Morgan fingerprint density at radius 3 is 2.39 bits per heavy atom. The summed E-state index contributed by atoms with van der Waals surface area (Å²) in [6.45, 7) is 3.71. The van der Waals surface area contributed by atoms with Crippen LogP contribution in [0.2, 0.25) is 0 Å². The second kappa shape index (κ2) is 8.65. The van der Waals surface area contributed by atoms with E-state index in [1.807, 2.05) is 25.1 Å². The highest BCUT2D eigenvalue weighted by atomic mass is 16.5. The molecular weight excluding hydrogens is 466 g/mol. The van der Waals surface area contributed by atoms with Gasteiger partial charge in [-0.05, 0) is 56.8 Å². The zero-order valence-corrected chi connectivity index (χ0v) is 20.8. The highest BCUT2D eigenvalue weighted by Crippen LogP contribution is 2.54. The third kappa shape index (κ3) is 3.51. The van der Waals surface area contributed by atoms with Gasteiger partial charge in [0.2, 0.25) is 5.79 Å². The lowest BCUT2D eigenvalue weighted by Gasteiger charge is -2.51. The number of nitrogens with two attached hydrogens (primary N) is 1. The molecule has 10 nitrogen and oxygen atoms in total. The molecule has 0 radical (unpaired) electrons. The van der Waals surface area contributed by atoms with Crippen molar-refractivity contribution in [2.75, 3.05) is 33.1 Å². The van der Waals surface area contributed by atoms with Gasteiger partial charge in [-0.2, -0.15) is 0 Å². The lowest BCUT2D eigenvalue weighted by Crippen LogP contribution is -2.62. The third-order valence-corrected chi connectivity index (χ3v) is 7.74. The molecule has 0 bridgehead atoms. The molecule has 1 saturated carbocycles. The van der Waals surface area contributed by atoms with Crippen LogP contribution in [0.4, 0.5) is 5.69 Å². The van der Waals surface area contributed by atoms with E-state index in [-0.39, 0.29) is 23.3 Å². The molecule has 7 N–H and O–H groups in total. The fraction of sp³-hybridized carbons (Fsp3) is 0.462. The normalized spacial score (nSPS) is 26.9. The first-order valence-corrected chi connectivity index (χ1v) is 11.7. The van der Waals surface area contributed by atoms with Gasteiger partial charge in [-0.3, -0.25) is 14.5 Å². The number of allylic oxidation sites excluding steroid dienone is 2. The minimum atomic E-state index is -3.04. The quantitative estimate of drug-likeness (QED) is 0.253. The van der Waals surface area contributed by atoms with Crippen LogP contribution in [0.3, 0.4) is 0 Å². The number of aliphatic hydroxyl groups excluding tert-OH is 2. The van der Waals surface area contributed by atoms with Gasteiger partial charge in [0.1, 0.15) is 22.8 Å². The minimum absolute atomic E-state index is 0.0327. The highest BCUT2D eigenvalue weighted by Gasteiger charge is 2.62. The number of likely N-dealkylation sites (N-methyl/N-ethyl adjacent to an activating group) is 1. The molecule has 0 heterocycles. The van der Waals surface area contributed by atoms with E-state index >= 15 is 0 Å². The first-order chi connectivity index (χ1) is 16.7. The molecule has 1 fully saturated rings. The molecule has 36 heavy (non-hydrogen) atoms. The first-order valence-electron chi connectivity index (χ1n) is 11.7. The second-order valence-corrected chi connectivity index (χ2v) is 10.3. The van der Waals surface area contributed by atoms with Crippen molar-refractivity contribution < 1.29 is 35.1 Å². The van der Waals surface area contributed by atoms with Crippen molar-refractivity contribution in [2.45, 2.75) is 31.1 Å². The Morgan fingerprint density at radius 2 is 1.86 bits per heavy atom. The standard InChI is InChI=1S/C26H33N3O7/c1-6-7-11-10-15(28(2)3)13-8-12-9-14-18(23(32)16(12)22(31)17(13)21(11)30)26(35,36)19(25(27)34)24(33)20(14)29(4)5/h6,10,12,14,18,20,30-31,33,35-36H,1,7-9H2,2-5H3,(H2,27,34)/t12?,14?,18?,20-/m0/s1. The molecule has 0 spiro atoms. The van der Waals surface area contributed by atoms with Crippen LogP contribution >= 0.6 is 0 Å². The number of phenols is 1. The second-order valence-electron chi connectivity index (χ2n) is 10.3. The van der Waals surface area contributed by atoms with Crippen LogP contribution in [0.1, 0.15) is 23.1 Å². The zero-order chi connectivity index (χ0) is 26.9. The van der Waals surface area contributed by atoms with Crippen molar-refractivity contribution in [1.82, 2.24) is 4.90 Å². The maximum absolute atomic E-state index is 13.9. The predicted octanol–water partition coefficient (Wildman–Crippen LogP) is 0.755. The number of aliphatic hydroxyl groups is 4. The van der Waals surface area contributed by atoms with Gasteiger partial charge in [0.05, 0.1) is 17.5 Å². The SMILES string of the molecule is C=CCc1cc(N(C)C)c2c(c1O)C(O)=C1C(=O)C3C(CC1C2)[C@H](N(C)C)C(O)=C(C(N)=O)C3(O)O. The summed E-state index contributed by atoms with van der Waals surface area (Å²) in [6.07, 6.45) is 2.46. The van der Waals surface area contributed by atoms with E-state index in [4.69, 9.17) is 5.73 Å². The molecule has 0 aromatic heterocycles. The van der Waals surface area contributed by atoms with E-state index < -0.39 is 58.4 Å². The van der Waals surface area contributed by atoms with Gasteiger partial charge in [-0.1, -0.05) is 6.08 Å². The molecule has 0 aliphatic heterocycles. The van der Waals surface area contributed by atoms with Crippen molar-refractivity contribution in [1.29, 1.82) is 0 Å². The minimum Gasteiger partial charge on any atom is -0.510 e. The summed E-state index contributed by atoms with van der Waals surface area (Å²) in [4.78, 5) is 29.5. The maximum Gasteiger partial charge on any atom is 0.253 e. The van der Waals surface area contributed by atoms with Crippen molar-refractivity contribution in [3.8, 4) is 5.75 Å². The molecule has 3 aliphatic rings. The average molecular weight is 500 g/mol. The van der Waals surface area contributed by atoms with Crippen LogP contribution in [0, 0.1) is 17.8 Å². The number of phenolic OH excluding ortho intramolecular Hbond substituents is 1. The maximum atomic E-state index is 13.9. The van der Waals surface area contributed by atoms with Crippen molar-refractivity contribution in [2.24, 2.45) is 23.5 Å². The van der Waals surface area contributed by atoms with E-state index in [9.17, 15) is 35.1 Å². The molecule has 4 atom stereocenters. The van der Waals surface area contributed by atoms with Gasteiger partial charge in [-0.25, -0.2) is 0 Å². The fourth-order valence-corrected chi connectivity index (χ4v) is 6.37. The lowest BCUT2D eigenvalue weighted by molar-refractivity contribution is -0.203. The Balaban J connectivity index is 1.97. The summed E-state index contributed by atoms with van der Waals surface area (Å²) < 4.78 is 0. The van der Waals surface area contributed by atoms with Gasteiger partial charge < -0.3 is 36.2 Å². The van der Waals surface area contributed by atoms with Gasteiger partial charge in [0.25, 0.3) is 5.91 Å². The molecule has 1 amide bonds. The number of carbonyl (C=O) groups is 2. The van der Waals surface area contributed by atoms with E-state index in [0.29, 0.717) is 24.0 Å². The monoisotopic (exact) mass is 499 g/mol. The smallest absolute Gasteiger partial charge is 0.253 e. The Hall–Kier alpha value is -3.34. The van der Waals surface area contributed by atoms with Crippen LogP contribution in [0.15, 0.2) is 35.6 Å². The number of hydrogen-bond donors (Lipinski definition) is 6. The Bertz CT molecular complexity index is 1230. The van der Waals surface area contributed by atoms with Crippen LogP contribution in [-0.2, 0) is 22.4 Å². The number of primary amides is 1. The van der Waals surface area contributed by atoms with E-state index in [2.05, 4.69) is 6.58 Å². The van der Waals surface area contributed by atoms with Crippen LogP contribution in [0.25, 0.3) is 5.76 Å². The van der Waals surface area contributed by atoms with Crippen molar-refractivity contribution in [3.05, 3.63) is 52.3 Å². The van der Waals surface area contributed by atoms with Gasteiger partial charge in [-0.15, -0.1) is 6.58 Å². The van der Waals surface area contributed by atoms with Crippen LogP contribution in [0.5, 0.6) is 5.75 Å². The number of fused-ring (bicyclic) bond motifs is 3. The third-order valence-electron chi connectivity index (χ3n) is 7.74. The molecular formula is C26H33N3O7. The van der Waals surface area contributed by atoms with Gasteiger partial charge in [0, 0.05) is 30.9 Å². The molecule has 10 heteroatoms. The summed E-state index contributed by atoms with van der Waals surface area (Å²) in [5, 5.41) is 55.4. The Labute approximate surface area is 209 Å². The largest absolute Gasteiger partial charge is 0.510 e. The molecule has 4 rings (SSSR count). The molecule has 3 unspecified atom stereocenters. The first kappa shape index (κ1) is 25.7. The summed E-state index contributed by atoms with van der Waals surface area (Å²) in [5.74, 6) is -9.10. The molecule has 1 aromatic rings. The predicted molar refractivity (Wildman–Crippen MR) is 133 cm³/mol. The number of anilines is 1. The number of benzene rings is 1. The van der Waals surface area contributed by atoms with Gasteiger partial charge in [0.15, 0.2) is 5.78 Å². The number of aromatic hydroxyl groups is 1.